The average Bonchev–Trinajstić information content (AvgIpc) is 3.08. The molecule has 3 N–H and O–H groups in total. The lowest BCUT2D eigenvalue weighted by atomic mass is 10.0. The molecule has 1 aliphatic heterocycles. The lowest BCUT2D eigenvalue weighted by Gasteiger charge is -2.13. The third-order valence-corrected chi connectivity index (χ3v) is 3.88. The van der Waals surface area contributed by atoms with Gasteiger partial charge >= 0.3 is 11.8 Å². The second-order valence-corrected chi connectivity index (χ2v) is 5.63. The van der Waals surface area contributed by atoms with E-state index in [-0.39, 0.29) is 12.2 Å². The molecule has 1 heterocycles. The van der Waals surface area contributed by atoms with Gasteiger partial charge in [0.05, 0.1) is 18.4 Å². The first-order valence-corrected chi connectivity index (χ1v) is 7.82. The molecule has 7 heteroatoms. The molecule has 2 aromatic carbocycles. The van der Waals surface area contributed by atoms with Gasteiger partial charge < -0.3 is 20.5 Å². The van der Waals surface area contributed by atoms with E-state index in [2.05, 4.69) is 10.6 Å². The summed E-state index contributed by atoms with van der Waals surface area (Å²) in [5.41, 5.74) is 1.54. The predicted molar refractivity (Wildman–Crippen MR) is 88.6 cm³/mol. The number of benzene rings is 2. The minimum absolute atomic E-state index is 0.0816. The van der Waals surface area contributed by atoms with Crippen LogP contribution in [0.5, 0.6) is 5.75 Å². The minimum atomic E-state index is -1.00. The number of hydrogen-bond donors (Lipinski definition) is 3. The maximum Gasteiger partial charge on any atom is 0.313 e. The molecule has 2 amide bonds. The van der Waals surface area contributed by atoms with Gasteiger partial charge in [0.1, 0.15) is 11.6 Å². The highest BCUT2D eigenvalue weighted by atomic mass is 19.1. The molecule has 0 radical (unpaired) electrons. The topological polar surface area (TPSA) is 87.7 Å². The Balaban J connectivity index is 1.54. The molecule has 1 atom stereocenters. The number of carbonyl (C=O) groups excluding carboxylic acids is 2. The van der Waals surface area contributed by atoms with E-state index in [1.54, 1.807) is 12.1 Å². The summed E-state index contributed by atoms with van der Waals surface area (Å²) in [6, 6.07) is 10.8. The fraction of sp³-hybridized carbons (Fsp3) is 0.222. The second-order valence-electron chi connectivity index (χ2n) is 5.63. The minimum Gasteiger partial charge on any atom is -0.493 e. The molecule has 130 valence electrons. The molecule has 1 unspecified atom stereocenters. The summed E-state index contributed by atoms with van der Waals surface area (Å²) in [6.45, 7) is 0.477. The molecule has 0 spiro atoms. The van der Waals surface area contributed by atoms with Crippen molar-refractivity contribution >= 4 is 17.5 Å². The molecule has 2 aromatic rings. The van der Waals surface area contributed by atoms with Gasteiger partial charge in [-0.05, 0) is 35.4 Å². The van der Waals surface area contributed by atoms with Crippen LogP contribution in [0.4, 0.5) is 10.1 Å². The molecule has 0 bridgehead atoms. The normalized spacial score (nSPS) is 13.5. The van der Waals surface area contributed by atoms with Crippen LogP contribution in [0.25, 0.3) is 0 Å². The largest absolute Gasteiger partial charge is 0.493 e. The average molecular weight is 344 g/mol. The van der Waals surface area contributed by atoms with Gasteiger partial charge in [-0.25, -0.2) is 4.39 Å². The maximum absolute atomic E-state index is 13.5. The highest BCUT2D eigenvalue weighted by Crippen LogP contribution is 2.28. The molecule has 25 heavy (non-hydrogen) atoms. The van der Waals surface area contributed by atoms with Crippen molar-refractivity contribution < 1.29 is 23.8 Å². The van der Waals surface area contributed by atoms with E-state index in [1.807, 2.05) is 6.07 Å². The summed E-state index contributed by atoms with van der Waals surface area (Å²) in [4.78, 5) is 23.6. The zero-order valence-electron chi connectivity index (χ0n) is 13.3. The third-order valence-electron chi connectivity index (χ3n) is 3.88. The van der Waals surface area contributed by atoms with Crippen LogP contribution in [-0.2, 0) is 16.0 Å². The van der Waals surface area contributed by atoms with Crippen LogP contribution >= 0.6 is 0 Å². The number of halogens is 1. The van der Waals surface area contributed by atoms with Crippen LogP contribution < -0.4 is 15.4 Å². The molecule has 3 rings (SSSR count). The number of aliphatic hydroxyl groups excluding tert-OH is 1. The summed E-state index contributed by atoms with van der Waals surface area (Å²) in [7, 11) is 0. The van der Waals surface area contributed by atoms with Crippen molar-refractivity contribution in [3.05, 3.63) is 59.4 Å². The lowest BCUT2D eigenvalue weighted by Crippen LogP contribution is -2.37. The van der Waals surface area contributed by atoms with Crippen LogP contribution in [0.3, 0.4) is 0 Å². The van der Waals surface area contributed by atoms with Crippen molar-refractivity contribution in [1.82, 2.24) is 5.32 Å². The number of amides is 2. The highest BCUT2D eigenvalue weighted by molar-refractivity contribution is 6.39. The fourth-order valence-corrected chi connectivity index (χ4v) is 2.54. The number of fused-ring (bicyclic) bond motifs is 1. The monoisotopic (exact) mass is 344 g/mol. The number of anilines is 1. The van der Waals surface area contributed by atoms with E-state index in [4.69, 9.17) is 4.74 Å². The Bertz CT molecular complexity index is 809. The zero-order valence-corrected chi connectivity index (χ0v) is 13.3. The zero-order chi connectivity index (χ0) is 17.8. The molecule has 6 nitrogen and oxygen atoms in total. The van der Waals surface area contributed by atoms with Gasteiger partial charge in [-0.2, -0.15) is 0 Å². The number of nitrogens with one attached hydrogen (secondary N) is 2. The van der Waals surface area contributed by atoms with Crippen LogP contribution in [0.1, 0.15) is 17.2 Å². The summed E-state index contributed by atoms with van der Waals surface area (Å²) >= 11 is 0. The quantitative estimate of drug-likeness (QED) is 0.735. The van der Waals surface area contributed by atoms with Gasteiger partial charge in [0.15, 0.2) is 0 Å². The van der Waals surface area contributed by atoms with Gasteiger partial charge in [0.2, 0.25) is 0 Å². The Hall–Kier alpha value is -2.93. The van der Waals surface area contributed by atoms with E-state index >= 15 is 0 Å². The molecule has 0 saturated carbocycles. The first kappa shape index (κ1) is 16.9. The highest BCUT2D eigenvalue weighted by Gasteiger charge is 2.19. The molecule has 0 saturated heterocycles. The molecule has 0 aromatic heterocycles. The number of rotatable bonds is 4. The Morgan fingerprint density at radius 1 is 1.20 bits per heavy atom. The molecular weight excluding hydrogens is 327 g/mol. The second kappa shape index (κ2) is 7.31. The molecule has 1 aliphatic rings. The third kappa shape index (κ3) is 3.95. The van der Waals surface area contributed by atoms with Crippen LogP contribution in [0.2, 0.25) is 0 Å². The van der Waals surface area contributed by atoms with Crippen LogP contribution in [0.15, 0.2) is 42.5 Å². The van der Waals surface area contributed by atoms with Gasteiger partial charge in [0, 0.05) is 13.0 Å². The number of ether oxygens (including phenoxy) is 1. The van der Waals surface area contributed by atoms with E-state index < -0.39 is 23.7 Å². The Kier molecular flexibility index (Phi) is 4.95. The van der Waals surface area contributed by atoms with E-state index in [1.165, 1.54) is 24.3 Å². The van der Waals surface area contributed by atoms with E-state index in [0.717, 1.165) is 17.7 Å². The maximum atomic E-state index is 13.5. The molecular formula is C18H17FN2O4. The summed E-state index contributed by atoms with van der Waals surface area (Å²) in [5, 5.41) is 14.7. The Morgan fingerprint density at radius 3 is 2.80 bits per heavy atom. The van der Waals surface area contributed by atoms with Gasteiger partial charge in [-0.15, -0.1) is 0 Å². The summed E-state index contributed by atoms with van der Waals surface area (Å²) < 4.78 is 18.9. The first-order chi connectivity index (χ1) is 12.0. The van der Waals surface area contributed by atoms with E-state index in [9.17, 15) is 19.1 Å². The predicted octanol–water partition coefficient (Wildman–Crippen LogP) is 1.55. The van der Waals surface area contributed by atoms with E-state index in [0.29, 0.717) is 12.2 Å². The number of aliphatic hydroxyl groups is 1. The first-order valence-electron chi connectivity index (χ1n) is 7.82. The van der Waals surface area contributed by atoms with Crippen molar-refractivity contribution in [3.8, 4) is 5.75 Å². The van der Waals surface area contributed by atoms with Gasteiger partial charge in [0.25, 0.3) is 0 Å². The van der Waals surface area contributed by atoms with Crippen LogP contribution in [0, 0.1) is 5.82 Å². The van der Waals surface area contributed by atoms with Gasteiger partial charge in [-0.3, -0.25) is 9.59 Å². The van der Waals surface area contributed by atoms with Crippen molar-refractivity contribution in [3.63, 3.8) is 0 Å². The van der Waals surface area contributed by atoms with Crippen molar-refractivity contribution in [2.75, 3.05) is 18.5 Å². The summed E-state index contributed by atoms with van der Waals surface area (Å²) in [5.74, 6) is -1.79. The number of para-hydroxylation sites is 1. The molecule has 0 aliphatic carbocycles. The smallest absolute Gasteiger partial charge is 0.313 e. The van der Waals surface area contributed by atoms with Crippen LogP contribution in [-0.4, -0.2) is 30.1 Å². The number of hydrogen-bond acceptors (Lipinski definition) is 4. The van der Waals surface area contributed by atoms with Crippen molar-refractivity contribution in [2.45, 2.75) is 12.5 Å². The summed E-state index contributed by atoms with van der Waals surface area (Å²) in [6.07, 6.45) is -0.191. The fourth-order valence-electron chi connectivity index (χ4n) is 2.54. The van der Waals surface area contributed by atoms with Crippen molar-refractivity contribution in [2.24, 2.45) is 0 Å². The SMILES string of the molecule is O=C(NCC(O)c1ccc2c(c1)CCO2)C(=O)Nc1ccccc1F. The lowest BCUT2D eigenvalue weighted by molar-refractivity contribution is -0.136. The molecule has 0 fully saturated rings. The van der Waals surface area contributed by atoms with Crippen molar-refractivity contribution in [1.29, 1.82) is 0 Å². The van der Waals surface area contributed by atoms with Gasteiger partial charge in [-0.1, -0.05) is 18.2 Å². The standard InChI is InChI=1S/C18H17FN2O4/c19-13-3-1-2-4-14(13)21-18(24)17(23)20-10-15(22)11-5-6-16-12(9-11)7-8-25-16/h1-6,9,15,22H,7-8,10H2,(H,20,23)(H,21,24). The Morgan fingerprint density at radius 2 is 2.00 bits per heavy atom. The Labute approximate surface area is 143 Å². The number of carbonyl (C=O) groups is 2.